The highest BCUT2D eigenvalue weighted by molar-refractivity contribution is 7.92. The first-order chi connectivity index (χ1) is 18.4. The summed E-state index contributed by atoms with van der Waals surface area (Å²) < 4.78 is 27.8. The summed E-state index contributed by atoms with van der Waals surface area (Å²) in [5.41, 5.74) is 3.46. The molecule has 2 aromatic carbocycles. The molecule has 0 spiro atoms. The number of hydrogen-bond acceptors (Lipinski definition) is 8. The molecule has 1 aliphatic rings. The maximum atomic E-state index is 12.7. The third-order valence-electron chi connectivity index (χ3n) is 6.94. The van der Waals surface area contributed by atoms with Gasteiger partial charge in [0.2, 0.25) is 5.95 Å². The van der Waals surface area contributed by atoms with Crippen LogP contribution < -0.4 is 15.4 Å². The normalized spacial score (nSPS) is 17.9. The van der Waals surface area contributed by atoms with Gasteiger partial charge in [0.05, 0.1) is 16.2 Å². The molecular formula is C27H30ClN7O2S. The third kappa shape index (κ3) is 5.72. The summed E-state index contributed by atoms with van der Waals surface area (Å²) in [6.07, 6.45) is 7.11. The minimum atomic E-state index is -3.89. The maximum Gasteiger partial charge on any atom is 0.264 e. The topological polar surface area (TPSA) is 122 Å². The van der Waals surface area contributed by atoms with E-state index in [2.05, 4.69) is 43.5 Å². The smallest absolute Gasteiger partial charge is 0.264 e. The summed E-state index contributed by atoms with van der Waals surface area (Å²) in [7, 11) is -1.87. The van der Waals surface area contributed by atoms with Crippen LogP contribution in [0.3, 0.4) is 0 Å². The molecule has 0 bridgehead atoms. The van der Waals surface area contributed by atoms with Crippen molar-refractivity contribution in [3.8, 4) is 11.3 Å². The Hall–Kier alpha value is -3.34. The first kappa shape index (κ1) is 26.3. The zero-order valence-corrected chi connectivity index (χ0v) is 22.9. The van der Waals surface area contributed by atoms with Gasteiger partial charge < -0.3 is 10.6 Å². The van der Waals surface area contributed by atoms with Crippen molar-refractivity contribution in [1.82, 2.24) is 25.5 Å². The number of halogens is 1. The number of fused-ring (bicyclic) bond motifs is 1. The van der Waals surface area contributed by atoms with Crippen LogP contribution in [0.2, 0.25) is 5.02 Å². The third-order valence-corrected chi connectivity index (χ3v) is 8.79. The molecule has 3 N–H and O–H groups in total. The van der Waals surface area contributed by atoms with Gasteiger partial charge in [0.25, 0.3) is 10.0 Å². The van der Waals surface area contributed by atoms with Crippen molar-refractivity contribution in [1.29, 1.82) is 0 Å². The monoisotopic (exact) mass is 551 g/mol. The van der Waals surface area contributed by atoms with Crippen LogP contribution in [-0.4, -0.2) is 47.7 Å². The summed E-state index contributed by atoms with van der Waals surface area (Å²) in [5.74, 6) is 0.760. The summed E-state index contributed by atoms with van der Waals surface area (Å²) in [4.78, 5) is 9.40. The number of sulfonamides is 1. The Bertz CT molecular complexity index is 1540. The zero-order chi connectivity index (χ0) is 26.7. The van der Waals surface area contributed by atoms with Crippen molar-refractivity contribution in [2.45, 2.75) is 56.0 Å². The van der Waals surface area contributed by atoms with Gasteiger partial charge in [-0.3, -0.25) is 4.72 Å². The van der Waals surface area contributed by atoms with Gasteiger partial charge in [-0.25, -0.2) is 18.4 Å². The number of aryl methyl sites for hydroxylation is 1. The van der Waals surface area contributed by atoms with Gasteiger partial charge >= 0.3 is 0 Å². The number of nitrogens with one attached hydrogen (secondary N) is 3. The summed E-state index contributed by atoms with van der Waals surface area (Å²) in [6, 6.07) is 14.6. The molecule has 198 valence electrons. The predicted octanol–water partition coefficient (Wildman–Crippen LogP) is 5.05. The van der Waals surface area contributed by atoms with Crippen LogP contribution in [0, 0.1) is 0 Å². The van der Waals surface area contributed by atoms with Gasteiger partial charge in [-0.2, -0.15) is 0 Å². The fourth-order valence-corrected chi connectivity index (χ4v) is 6.33. The Balaban J connectivity index is 1.35. The molecule has 0 atom stereocenters. The molecule has 1 aliphatic carbocycles. The lowest BCUT2D eigenvalue weighted by Gasteiger charge is -2.28. The summed E-state index contributed by atoms with van der Waals surface area (Å²) >= 11 is 6.05. The number of hydrogen-bond donors (Lipinski definition) is 3. The van der Waals surface area contributed by atoms with Gasteiger partial charge in [-0.1, -0.05) is 30.7 Å². The molecule has 0 amide bonds. The molecule has 5 rings (SSSR count). The molecule has 0 saturated heterocycles. The molecule has 0 unspecified atom stereocenters. The molecule has 38 heavy (non-hydrogen) atoms. The van der Waals surface area contributed by atoms with E-state index < -0.39 is 10.0 Å². The van der Waals surface area contributed by atoms with Crippen LogP contribution in [0.1, 0.15) is 38.2 Å². The van der Waals surface area contributed by atoms with Crippen molar-refractivity contribution in [2.24, 2.45) is 0 Å². The largest absolute Gasteiger partial charge is 0.351 e. The summed E-state index contributed by atoms with van der Waals surface area (Å²) in [6.45, 7) is 2.09. The van der Waals surface area contributed by atoms with Crippen molar-refractivity contribution in [3.05, 3.63) is 65.3 Å². The second-order valence-electron chi connectivity index (χ2n) is 9.44. The molecule has 0 aliphatic heterocycles. The van der Waals surface area contributed by atoms with E-state index in [0.717, 1.165) is 54.1 Å². The lowest BCUT2D eigenvalue weighted by Crippen LogP contribution is -2.35. The molecule has 1 saturated carbocycles. The van der Waals surface area contributed by atoms with E-state index in [4.69, 9.17) is 16.6 Å². The highest BCUT2D eigenvalue weighted by atomic mass is 35.5. The van der Waals surface area contributed by atoms with Gasteiger partial charge in [0.1, 0.15) is 4.90 Å². The fraction of sp³-hybridized carbons (Fsp3) is 0.333. The van der Waals surface area contributed by atoms with Crippen LogP contribution >= 0.6 is 11.6 Å². The van der Waals surface area contributed by atoms with E-state index in [0.29, 0.717) is 23.7 Å². The van der Waals surface area contributed by atoms with E-state index in [1.165, 1.54) is 12.1 Å². The quantitative estimate of drug-likeness (QED) is 0.278. The van der Waals surface area contributed by atoms with Gasteiger partial charge in [0, 0.05) is 29.2 Å². The van der Waals surface area contributed by atoms with Crippen LogP contribution in [0.5, 0.6) is 0 Å². The molecule has 2 aromatic heterocycles. The van der Waals surface area contributed by atoms with Crippen LogP contribution in [0.15, 0.2) is 59.6 Å². The Morgan fingerprint density at radius 2 is 1.76 bits per heavy atom. The van der Waals surface area contributed by atoms with E-state index in [9.17, 15) is 8.42 Å². The number of benzene rings is 2. The number of anilines is 2. The number of aromatic nitrogens is 4. The van der Waals surface area contributed by atoms with Gasteiger partial charge in [-0.05, 0) is 81.1 Å². The van der Waals surface area contributed by atoms with E-state index in [1.54, 1.807) is 24.3 Å². The average Bonchev–Trinajstić information content (AvgIpc) is 2.93. The maximum absolute atomic E-state index is 12.7. The Morgan fingerprint density at radius 1 is 1.00 bits per heavy atom. The molecule has 2 heterocycles. The standard InChI is InChI=1S/C27H30ClN7O2S/c1-3-17-14-18(15-19-16-30-27(32-26(17)19)31-21-10-8-20(29-2)9-11-21)23-12-13-25(34-33-23)35-38(36,37)24-7-5-4-6-22(24)28/h4-7,12-16,20-21,29H,3,8-11H2,1-2H3,(H,34,35)(H,30,31,32)/t20-,21-. The zero-order valence-electron chi connectivity index (χ0n) is 21.3. The first-order valence-electron chi connectivity index (χ1n) is 12.7. The molecule has 9 nitrogen and oxygen atoms in total. The van der Waals surface area contributed by atoms with E-state index in [1.807, 2.05) is 19.3 Å². The van der Waals surface area contributed by atoms with E-state index in [-0.39, 0.29) is 15.7 Å². The molecule has 11 heteroatoms. The minimum absolute atomic E-state index is 0.0193. The summed E-state index contributed by atoms with van der Waals surface area (Å²) in [5, 5.41) is 16.3. The van der Waals surface area contributed by atoms with Crippen molar-refractivity contribution in [3.63, 3.8) is 0 Å². The molecule has 4 aromatic rings. The Kier molecular flexibility index (Phi) is 7.73. The minimum Gasteiger partial charge on any atom is -0.351 e. The van der Waals surface area contributed by atoms with Crippen LogP contribution in [0.4, 0.5) is 11.8 Å². The fourth-order valence-electron chi connectivity index (χ4n) is 4.81. The van der Waals surface area contributed by atoms with E-state index >= 15 is 0 Å². The van der Waals surface area contributed by atoms with Crippen LogP contribution in [0.25, 0.3) is 22.2 Å². The second kappa shape index (κ2) is 11.2. The highest BCUT2D eigenvalue weighted by Gasteiger charge is 2.21. The Morgan fingerprint density at radius 3 is 2.45 bits per heavy atom. The number of rotatable bonds is 8. The molecular weight excluding hydrogens is 522 g/mol. The van der Waals surface area contributed by atoms with Gasteiger partial charge in [-0.15, -0.1) is 10.2 Å². The lowest BCUT2D eigenvalue weighted by atomic mass is 9.91. The van der Waals surface area contributed by atoms with Crippen LogP contribution in [-0.2, 0) is 16.4 Å². The number of nitrogens with zero attached hydrogens (tertiary/aromatic N) is 4. The average molecular weight is 552 g/mol. The first-order valence-corrected chi connectivity index (χ1v) is 14.6. The SMILES string of the molecule is CCc1cc(-c2ccc(NS(=O)(=O)c3ccccc3Cl)nn2)cc2cnc(N[C@H]3CC[C@H](NC)CC3)nc12. The second-order valence-corrected chi connectivity index (χ2v) is 11.5. The van der Waals surface area contributed by atoms with Gasteiger partial charge in [0.15, 0.2) is 5.82 Å². The van der Waals surface area contributed by atoms with Crippen molar-refractivity contribution >= 4 is 44.3 Å². The molecule has 1 fully saturated rings. The highest BCUT2D eigenvalue weighted by Crippen LogP contribution is 2.28. The Labute approximate surface area is 227 Å². The lowest BCUT2D eigenvalue weighted by molar-refractivity contribution is 0.370. The predicted molar refractivity (Wildman–Crippen MR) is 151 cm³/mol. The molecule has 0 radical (unpaired) electrons. The van der Waals surface area contributed by atoms with Crippen molar-refractivity contribution in [2.75, 3.05) is 17.1 Å². The van der Waals surface area contributed by atoms with Crippen molar-refractivity contribution < 1.29 is 8.42 Å².